The molecule has 31 heavy (non-hydrogen) atoms. The van der Waals surface area contributed by atoms with Crippen LogP contribution in [0.25, 0.3) is 21.8 Å². The third kappa shape index (κ3) is 3.89. The predicted molar refractivity (Wildman–Crippen MR) is 126 cm³/mol. The number of fused-ring (bicyclic) bond motifs is 1. The van der Waals surface area contributed by atoms with Crippen LogP contribution in [-0.2, 0) is 13.0 Å². The minimum absolute atomic E-state index is 0.176. The van der Waals surface area contributed by atoms with E-state index in [1.54, 1.807) is 0 Å². The molecule has 5 rings (SSSR count). The van der Waals surface area contributed by atoms with E-state index < -0.39 is 0 Å². The van der Waals surface area contributed by atoms with Crippen molar-refractivity contribution >= 4 is 34.5 Å². The number of thiazole rings is 1. The minimum Gasteiger partial charge on any atom is -0.334 e. The molecule has 0 atom stereocenters. The molecule has 4 aromatic rings. The smallest absolute Gasteiger partial charge is 0.267 e. The standard InChI is InChI=1S/C24H21ClN4OS/c1-15-22(31-24(26-15)16-8-2-4-10-18(16)25)23(30)28-19-11-5-3-9-17(19)20-14-29-13-7-6-12-21(29)27-20/h2-5,8-11,14H,6-7,12-13H2,1H3,(H,28,30). The number of imidazole rings is 1. The third-order valence-corrected chi connectivity index (χ3v) is 6.99. The van der Waals surface area contributed by atoms with Gasteiger partial charge in [0.05, 0.1) is 22.1 Å². The summed E-state index contributed by atoms with van der Waals surface area (Å²) in [7, 11) is 0. The van der Waals surface area contributed by atoms with Gasteiger partial charge in [-0.1, -0.05) is 48.0 Å². The van der Waals surface area contributed by atoms with Crippen LogP contribution >= 0.6 is 22.9 Å². The number of aromatic nitrogens is 3. The number of aryl methyl sites for hydroxylation is 3. The second-order valence-corrected chi connectivity index (χ2v) is 9.01. The van der Waals surface area contributed by atoms with Gasteiger partial charge in [-0.25, -0.2) is 9.97 Å². The Bertz CT molecular complexity index is 1250. The van der Waals surface area contributed by atoms with Crippen molar-refractivity contribution in [3.8, 4) is 21.8 Å². The lowest BCUT2D eigenvalue weighted by Crippen LogP contribution is -2.12. The number of nitrogens with zero attached hydrogens (tertiary/aromatic N) is 3. The summed E-state index contributed by atoms with van der Waals surface area (Å²) in [6.07, 6.45) is 5.44. The largest absolute Gasteiger partial charge is 0.334 e. The zero-order valence-corrected chi connectivity index (χ0v) is 18.6. The summed E-state index contributed by atoms with van der Waals surface area (Å²) in [5.74, 6) is 0.940. The third-order valence-electron chi connectivity index (χ3n) is 5.47. The maximum absolute atomic E-state index is 13.1. The molecular weight excluding hydrogens is 428 g/mol. The van der Waals surface area contributed by atoms with E-state index in [9.17, 15) is 4.79 Å². The fourth-order valence-electron chi connectivity index (χ4n) is 3.89. The first-order valence-corrected chi connectivity index (χ1v) is 11.5. The van der Waals surface area contributed by atoms with Crippen molar-refractivity contribution in [1.82, 2.24) is 14.5 Å². The van der Waals surface area contributed by atoms with Gasteiger partial charge in [0.2, 0.25) is 0 Å². The van der Waals surface area contributed by atoms with Crippen molar-refractivity contribution in [3.63, 3.8) is 0 Å². The summed E-state index contributed by atoms with van der Waals surface area (Å²) < 4.78 is 2.22. The van der Waals surface area contributed by atoms with Gasteiger partial charge in [0.25, 0.3) is 5.91 Å². The van der Waals surface area contributed by atoms with Crippen LogP contribution in [-0.4, -0.2) is 20.4 Å². The molecule has 156 valence electrons. The molecule has 0 bridgehead atoms. The molecule has 0 aliphatic carbocycles. The average Bonchev–Trinajstić information content (AvgIpc) is 3.38. The van der Waals surface area contributed by atoms with E-state index >= 15 is 0 Å². The highest BCUT2D eigenvalue weighted by Gasteiger charge is 2.20. The lowest BCUT2D eigenvalue weighted by Gasteiger charge is -2.11. The quantitative estimate of drug-likeness (QED) is 0.403. The van der Waals surface area contributed by atoms with Crippen LogP contribution < -0.4 is 5.32 Å². The molecule has 2 aromatic carbocycles. The number of hydrogen-bond donors (Lipinski definition) is 1. The normalized spacial score (nSPS) is 13.1. The molecule has 7 heteroatoms. The van der Waals surface area contributed by atoms with Crippen LogP contribution in [0.4, 0.5) is 5.69 Å². The SMILES string of the molecule is Cc1nc(-c2ccccc2Cl)sc1C(=O)Nc1ccccc1-c1cn2c(n1)CCCC2. The first-order chi connectivity index (χ1) is 15.1. The second-order valence-electron chi connectivity index (χ2n) is 7.61. The first-order valence-electron chi connectivity index (χ1n) is 10.3. The Morgan fingerprint density at radius 1 is 1.06 bits per heavy atom. The highest BCUT2D eigenvalue weighted by Crippen LogP contribution is 2.34. The Hall–Kier alpha value is -2.96. The van der Waals surface area contributed by atoms with E-state index in [-0.39, 0.29) is 5.91 Å². The number of carbonyl (C=O) groups is 1. The van der Waals surface area contributed by atoms with Gasteiger partial charge in [-0.15, -0.1) is 11.3 Å². The maximum Gasteiger partial charge on any atom is 0.267 e. The number of hydrogen-bond acceptors (Lipinski definition) is 4. The van der Waals surface area contributed by atoms with E-state index in [4.69, 9.17) is 16.6 Å². The molecule has 2 aromatic heterocycles. The topological polar surface area (TPSA) is 59.8 Å². The zero-order valence-electron chi connectivity index (χ0n) is 17.1. The number of carbonyl (C=O) groups excluding carboxylic acids is 1. The number of benzene rings is 2. The highest BCUT2D eigenvalue weighted by atomic mass is 35.5. The van der Waals surface area contributed by atoms with Crippen LogP contribution in [0, 0.1) is 6.92 Å². The van der Waals surface area contributed by atoms with Crippen LogP contribution in [0.1, 0.15) is 34.0 Å². The van der Waals surface area contributed by atoms with Crippen molar-refractivity contribution < 1.29 is 4.79 Å². The van der Waals surface area contributed by atoms with Gasteiger partial charge in [0.15, 0.2) is 0 Å². The van der Waals surface area contributed by atoms with Gasteiger partial charge in [-0.05, 0) is 31.9 Å². The molecule has 0 saturated carbocycles. The lowest BCUT2D eigenvalue weighted by molar-refractivity contribution is 0.103. The van der Waals surface area contributed by atoms with Crippen molar-refractivity contribution in [1.29, 1.82) is 0 Å². The molecule has 1 amide bonds. The van der Waals surface area contributed by atoms with E-state index in [1.807, 2.05) is 55.5 Å². The summed E-state index contributed by atoms with van der Waals surface area (Å²) >= 11 is 7.67. The Kier molecular flexibility index (Phi) is 5.34. The van der Waals surface area contributed by atoms with E-state index in [1.165, 1.54) is 24.2 Å². The number of amides is 1. The number of halogens is 1. The van der Waals surface area contributed by atoms with E-state index in [0.29, 0.717) is 15.6 Å². The van der Waals surface area contributed by atoms with Crippen LogP contribution in [0.3, 0.4) is 0 Å². The number of para-hydroxylation sites is 1. The predicted octanol–water partition coefficient (Wildman–Crippen LogP) is 6.22. The molecule has 0 spiro atoms. The molecule has 3 heterocycles. The molecule has 1 N–H and O–H groups in total. The van der Waals surface area contributed by atoms with Crippen molar-refractivity contribution in [2.45, 2.75) is 32.7 Å². The second kappa shape index (κ2) is 8.29. The van der Waals surface area contributed by atoms with Crippen LogP contribution in [0.15, 0.2) is 54.7 Å². The van der Waals surface area contributed by atoms with Gasteiger partial charge in [-0.3, -0.25) is 4.79 Å². The summed E-state index contributed by atoms with van der Waals surface area (Å²) in [4.78, 5) is 23.1. The van der Waals surface area contributed by atoms with Crippen molar-refractivity contribution in [3.05, 3.63) is 76.1 Å². The number of nitrogens with one attached hydrogen (secondary N) is 1. The number of anilines is 1. The first kappa shape index (κ1) is 20.0. The zero-order chi connectivity index (χ0) is 21.4. The molecular formula is C24H21ClN4OS. The summed E-state index contributed by atoms with van der Waals surface area (Å²) in [5, 5.41) is 4.44. The summed E-state index contributed by atoms with van der Waals surface area (Å²) in [6, 6.07) is 15.3. The molecule has 1 aliphatic heterocycles. The van der Waals surface area contributed by atoms with Gasteiger partial charge in [-0.2, -0.15) is 0 Å². The fraction of sp³-hybridized carbons (Fsp3) is 0.208. The van der Waals surface area contributed by atoms with Crippen LogP contribution in [0.2, 0.25) is 5.02 Å². The van der Waals surface area contributed by atoms with Gasteiger partial charge < -0.3 is 9.88 Å². The molecule has 0 fully saturated rings. The molecule has 0 unspecified atom stereocenters. The van der Waals surface area contributed by atoms with Gasteiger partial charge >= 0.3 is 0 Å². The summed E-state index contributed by atoms with van der Waals surface area (Å²) in [6.45, 7) is 2.85. The van der Waals surface area contributed by atoms with Crippen LogP contribution in [0.5, 0.6) is 0 Å². The Balaban J connectivity index is 1.44. The Morgan fingerprint density at radius 3 is 2.65 bits per heavy atom. The average molecular weight is 449 g/mol. The summed E-state index contributed by atoms with van der Waals surface area (Å²) in [5.41, 5.74) is 4.08. The van der Waals surface area contributed by atoms with E-state index in [0.717, 1.165) is 46.3 Å². The molecule has 1 aliphatic rings. The number of rotatable bonds is 4. The van der Waals surface area contributed by atoms with Gasteiger partial charge in [0, 0.05) is 30.3 Å². The van der Waals surface area contributed by atoms with E-state index in [2.05, 4.69) is 21.1 Å². The van der Waals surface area contributed by atoms with Crippen molar-refractivity contribution in [2.24, 2.45) is 0 Å². The Morgan fingerprint density at radius 2 is 1.84 bits per heavy atom. The van der Waals surface area contributed by atoms with Gasteiger partial charge in [0.1, 0.15) is 15.7 Å². The highest BCUT2D eigenvalue weighted by molar-refractivity contribution is 7.17. The lowest BCUT2D eigenvalue weighted by atomic mass is 10.1. The molecule has 0 saturated heterocycles. The Labute approximate surface area is 189 Å². The monoisotopic (exact) mass is 448 g/mol. The fourth-order valence-corrected chi connectivity index (χ4v) is 5.18. The minimum atomic E-state index is -0.176. The molecule has 5 nitrogen and oxygen atoms in total. The van der Waals surface area contributed by atoms with Crippen molar-refractivity contribution in [2.75, 3.05) is 5.32 Å². The molecule has 0 radical (unpaired) electrons. The maximum atomic E-state index is 13.1.